The van der Waals surface area contributed by atoms with E-state index in [4.69, 9.17) is 18.9 Å². The van der Waals surface area contributed by atoms with Crippen molar-refractivity contribution in [2.75, 3.05) is 6.61 Å². The molecule has 2 aliphatic rings. The van der Waals surface area contributed by atoms with Gasteiger partial charge in [0, 0.05) is 11.1 Å². The monoisotopic (exact) mass is 326 g/mol. The Bertz CT molecular complexity index is 637. The maximum atomic E-state index is 6.19. The Balaban J connectivity index is 1.51. The van der Waals surface area contributed by atoms with E-state index in [0.717, 1.165) is 17.5 Å². The third kappa shape index (κ3) is 3.10. The van der Waals surface area contributed by atoms with Crippen LogP contribution in [0.1, 0.15) is 37.1 Å². The van der Waals surface area contributed by atoms with Crippen LogP contribution in [0.25, 0.3) is 0 Å². The predicted octanol–water partition coefficient (Wildman–Crippen LogP) is 3.99. The molecule has 2 aromatic rings. The van der Waals surface area contributed by atoms with Gasteiger partial charge in [-0.3, -0.25) is 0 Å². The topological polar surface area (TPSA) is 36.9 Å². The van der Waals surface area contributed by atoms with E-state index in [9.17, 15) is 0 Å². The van der Waals surface area contributed by atoms with Crippen molar-refractivity contribution in [1.82, 2.24) is 0 Å². The molecule has 2 saturated heterocycles. The van der Waals surface area contributed by atoms with E-state index in [-0.39, 0.29) is 30.9 Å². The first-order valence-corrected chi connectivity index (χ1v) is 8.53. The molecule has 2 aliphatic heterocycles. The zero-order valence-electron chi connectivity index (χ0n) is 13.7. The lowest BCUT2D eigenvalue weighted by molar-refractivity contribution is -0.363. The van der Waals surface area contributed by atoms with Crippen molar-refractivity contribution < 1.29 is 18.9 Å². The van der Waals surface area contributed by atoms with Gasteiger partial charge in [0.15, 0.2) is 12.6 Å². The third-order valence-electron chi connectivity index (χ3n) is 4.57. The number of fused-ring (bicyclic) bond motifs is 1. The lowest BCUT2D eigenvalue weighted by atomic mass is 10.0. The summed E-state index contributed by atoms with van der Waals surface area (Å²) in [6.45, 7) is 2.62. The summed E-state index contributed by atoms with van der Waals surface area (Å²) < 4.78 is 24.4. The van der Waals surface area contributed by atoms with Crippen molar-refractivity contribution in [1.29, 1.82) is 0 Å². The highest BCUT2D eigenvalue weighted by Gasteiger charge is 2.44. The van der Waals surface area contributed by atoms with E-state index in [1.54, 1.807) is 0 Å². The molecule has 0 aromatic heterocycles. The molecule has 2 aromatic carbocycles. The first-order chi connectivity index (χ1) is 11.8. The van der Waals surface area contributed by atoms with E-state index in [0.29, 0.717) is 6.61 Å². The van der Waals surface area contributed by atoms with Crippen LogP contribution in [0.3, 0.4) is 0 Å². The Hall–Kier alpha value is -1.72. The Kier molecular flexibility index (Phi) is 4.63. The van der Waals surface area contributed by atoms with Crippen LogP contribution in [0.5, 0.6) is 0 Å². The van der Waals surface area contributed by atoms with Crippen LogP contribution in [0.15, 0.2) is 60.7 Å². The zero-order chi connectivity index (χ0) is 16.4. The average Bonchev–Trinajstić information content (AvgIpc) is 2.68. The molecule has 4 heteroatoms. The van der Waals surface area contributed by atoms with E-state index in [1.165, 1.54) is 0 Å². The lowest BCUT2D eigenvalue weighted by Crippen LogP contribution is -2.53. The summed E-state index contributed by atoms with van der Waals surface area (Å²) in [7, 11) is 0. The molecule has 4 rings (SSSR count). The Labute approximate surface area is 142 Å². The van der Waals surface area contributed by atoms with Crippen LogP contribution in [-0.4, -0.2) is 24.9 Å². The SMILES string of the molecule is CC[C@H]1OC(c2ccccc2)OC2COC(c3ccccc3)OC21. The Morgan fingerprint density at radius 3 is 2.04 bits per heavy atom. The molecular weight excluding hydrogens is 304 g/mol. The van der Waals surface area contributed by atoms with Gasteiger partial charge in [-0.25, -0.2) is 0 Å². The first-order valence-electron chi connectivity index (χ1n) is 8.53. The third-order valence-corrected chi connectivity index (χ3v) is 4.57. The number of ether oxygens (including phenoxy) is 4. The quantitative estimate of drug-likeness (QED) is 0.854. The smallest absolute Gasteiger partial charge is 0.184 e. The van der Waals surface area contributed by atoms with Gasteiger partial charge in [0.2, 0.25) is 0 Å². The van der Waals surface area contributed by atoms with Gasteiger partial charge in [0.25, 0.3) is 0 Å². The van der Waals surface area contributed by atoms with E-state index >= 15 is 0 Å². The van der Waals surface area contributed by atoms with Gasteiger partial charge < -0.3 is 18.9 Å². The molecule has 0 saturated carbocycles. The maximum Gasteiger partial charge on any atom is 0.184 e. The van der Waals surface area contributed by atoms with Gasteiger partial charge in [-0.05, 0) is 6.42 Å². The van der Waals surface area contributed by atoms with Crippen molar-refractivity contribution in [3.8, 4) is 0 Å². The molecule has 0 spiro atoms. The number of rotatable bonds is 3. The summed E-state index contributed by atoms with van der Waals surface area (Å²) in [5.41, 5.74) is 2.05. The van der Waals surface area contributed by atoms with E-state index < -0.39 is 0 Å². The summed E-state index contributed by atoms with van der Waals surface area (Å²) in [6, 6.07) is 20.0. The van der Waals surface area contributed by atoms with Gasteiger partial charge in [-0.15, -0.1) is 0 Å². The number of benzene rings is 2. The molecule has 0 aliphatic carbocycles. The minimum Gasteiger partial charge on any atom is -0.346 e. The van der Waals surface area contributed by atoms with Gasteiger partial charge in [-0.2, -0.15) is 0 Å². The summed E-state index contributed by atoms with van der Waals surface area (Å²) in [5, 5.41) is 0. The van der Waals surface area contributed by atoms with Gasteiger partial charge >= 0.3 is 0 Å². The second-order valence-corrected chi connectivity index (χ2v) is 6.18. The highest BCUT2D eigenvalue weighted by atomic mass is 16.8. The van der Waals surface area contributed by atoms with Crippen LogP contribution >= 0.6 is 0 Å². The molecule has 0 amide bonds. The molecule has 2 fully saturated rings. The fraction of sp³-hybridized carbons (Fsp3) is 0.400. The Morgan fingerprint density at radius 1 is 0.792 bits per heavy atom. The minimum atomic E-state index is -0.363. The maximum absolute atomic E-state index is 6.19. The van der Waals surface area contributed by atoms with Gasteiger partial charge in [0.05, 0.1) is 12.7 Å². The Morgan fingerprint density at radius 2 is 1.42 bits per heavy atom. The molecule has 0 N–H and O–H groups in total. The summed E-state index contributed by atoms with van der Waals surface area (Å²) in [5.74, 6) is 0. The van der Waals surface area contributed by atoms with E-state index in [1.807, 2.05) is 60.7 Å². The van der Waals surface area contributed by atoms with Crippen LogP contribution in [0.4, 0.5) is 0 Å². The molecule has 4 nitrogen and oxygen atoms in total. The van der Waals surface area contributed by atoms with Crippen molar-refractivity contribution in [2.24, 2.45) is 0 Å². The van der Waals surface area contributed by atoms with Crippen molar-refractivity contribution >= 4 is 0 Å². The summed E-state index contributed by atoms with van der Waals surface area (Å²) >= 11 is 0. The molecule has 0 bridgehead atoms. The molecule has 4 unspecified atom stereocenters. The average molecular weight is 326 g/mol. The summed E-state index contributed by atoms with van der Waals surface area (Å²) in [6.07, 6.45) is -0.0956. The first kappa shape index (κ1) is 15.8. The second kappa shape index (κ2) is 7.03. The van der Waals surface area contributed by atoms with Crippen molar-refractivity contribution in [3.63, 3.8) is 0 Å². The molecular formula is C20H22O4. The highest BCUT2D eigenvalue weighted by Crippen LogP contribution is 2.38. The minimum absolute atomic E-state index is 0.0101. The predicted molar refractivity (Wildman–Crippen MR) is 89.2 cm³/mol. The largest absolute Gasteiger partial charge is 0.346 e. The van der Waals surface area contributed by atoms with Crippen LogP contribution in [0.2, 0.25) is 0 Å². The molecule has 24 heavy (non-hydrogen) atoms. The molecule has 126 valence electrons. The summed E-state index contributed by atoms with van der Waals surface area (Å²) in [4.78, 5) is 0. The number of hydrogen-bond donors (Lipinski definition) is 0. The molecule has 5 atom stereocenters. The standard InChI is InChI=1S/C20H22O4/c1-2-16-18-17(23-20(22-16)15-11-7-4-8-12-15)13-21-19(24-18)14-9-5-3-6-10-14/h3-12,16-20H,2,13H2,1H3/t16-,17?,18?,19?,20?/m1/s1. The van der Waals surface area contributed by atoms with Gasteiger partial charge in [-0.1, -0.05) is 67.6 Å². The van der Waals surface area contributed by atoms with E-state index in [2.05, 4.69) is 6.92 Å². The van der Waals surface area contributed by atoms with Crippen molar-refractivity contribution in [2.45, 2.75) is 44.2 Å². The fourth-order valence-electron chi connectivity index (χ4n) is 3.30. The fourth-order valence-corrected chi connectivity index (χ4v) is 3.30. The number of hydrogen-bond acceptors (Lipinski definition) is 4. The lowest BCUT2D eigenvalue weighted by Gasteiger charge is -2.46. The zero-order valence-corrected chi connectivity index (χ0v) is 13.7. The van der Waals surface area contributed by atoms with Crippen LogP contribution in [-0.2, 0) is 18.9 Å². The van der Waals surface area contributed by atoms with Crippen LogP contribution < -0.4 is 0 Å². The van der Waals surface area contributed by atoms with Gasteiger partial charge in [0.1, 0.15) is 12.2 Å². The second-order valence-electron chi connectivity index (χ2n) is 6.18. The molecule has 0 radical (unpaired) electrons. The van der Waals surface area contributed by atoms with Crippen LogP contribution in [0, 0.1) is 0 Å². The highest BCUT2D eigenvalue weighted by molar-refractivity contribution is 5.18. The van der Waals surface area contributed by atoms with Crippen molar-refractivity contribution in [3.05, 3.63) is 71.8 Å². The normalized spacial score (nSPS) is 33.0. The molecule has 2 heterocycles.